The summed E-state index contributed by atoms with van der Waals surface area (Å²) in [6.07, 6.45) is 7.52. The zero-order chi connectivity index (χ0) is 10.7. The summed E-state index contributed by atoms with van der Waals surface area (Å²) in [6.45, 7) is 6.01. The molecule has 0 amide bonds. The Morgan fingerprint density at radius 1 is 1.07 bits per heavy atom. The second kappa shape index (κ2) is 5.31. The number of likely N-dealkylation sites (tertiary alicyclic amines) is 1. The van der Waals surface area contributed by atoms with Crippen molar-refractivity contribution < 1.29 is 5.11 Å². The van der Waals surface area contributed by atoms with Crippen LogP contribution in [0.15, 0.2) is 0 Å². The van der Waals surface area contributed by atoms with Crippen LogP contribution in [0.2, 0.25) is 0 Å². The molecule has 88 valence electrons. The van der Waals surface area contributed by atoms with Gasteiger partial charge in [0.15, 0.2) is 0 Å². The molecule has 1 saturated carbocycles. The Morgan fingerprint density at radius 3 is 2.40 bits per heavy atom. The third-order valence-corrected chi connectivity index (χ3v) is 4.24. The van der Waals surface area contributed by atoms with Gasteiger partial charge in [0.1, 0.15) is 0 Å². The molecular weight excluding hydrogens is 186 g/mol. The molecule has 0 aromatic carbocycles. The minimum atomic E-state index is -0.0156. The van der Waals surface area contributed by atoms with Crippen LogP contribution in [-0.2, 0) is 0 Å². The van der Waals surface area contributed by atoms with E-state index in [1.165, 1.54) is 45.2 Å². The van der Waals surface area contributed by atoms with Crippen LogP contribution in [-0.4, -0.2) is 35.7 Å². The van der Waals surface area contributed by atoms with Gasteiger partial charge in [-0.3, -0.25) is 0 Å². The van der Waals surface area contributed by atoms with Crippen molar-refractivity contribution in [1.82, 2.24) is 4.90 Å². The van der Waals surface area contributed by atoms with Gasteiger partial charge in [-0.15, -0.1) is 0 Å². The summed E-state index contributed by atoms with van der Waals surface area (Å²) >= 11 is 0. The van der Waals surface area contributed by atoms with Gasteiger partial charge in [-0.1, -0.05) is 19.8 Å². The highest BCUT2D eigenvalue weighted by atomic mass is 16.3. The standard InChI is InChI=1S/C13H25NO/c1-11-6-8-14(9-7-11)10-12-4-2-3-5-13(12)15/h11-13,15H,2-10H2,1H3. The number of aliphatic hydroxyl groups excluding tert-OH is 1. The van der Waals surface area contributed by atoms with Crippen molar-refractivity contribution in [2.24, 2.45) is 11.8 Å². The first kappa shape index (κ1) is 11.4. The van der Waals surface area contributed by atoms with Crippen molar-refractivity contribution in [3.05, 3.63) is 0 Å². The van der Waals surface area contributed by atoms with Crippen molar-refractivity contribution in [3.8, 4) is 0 Å². The maximum absolute atomic E-state index is 9.92. The van der Waals surface area contributed by atoms with Crippen LogP contribution >= 0.6 is 0 Å². The van der Waals surface area contributed by atoms with Gasteiger partial charge in [0.2, 0.25) is 0 Å². The summed E-state index contributed by atoms with van der Waals surface area (Å²) in [5.41, 5.74) is 0. The van der Waals surface area contributed by atoms with Crippen LogP contribution < -0.4 is 0 Å². The van der Waals surface area contributed by atoms with Gasteiger partial charge >= 0.3 is 0 Å². The number of piperidine rings is 1. The van der Waals surface area contributed by atoms with Gasteiger partial charge < -0.3 is 10.0 Å². The highest BCUT2D eigenvalue weighted by molar-refractivity contribution is 4.79. The normalized spacial score (nSPS) is 35.6. The fourth-order valence-corrected chi connectivity index (χ4v) is 2.98. The molecule has 0 spiro atoms. The summed E-state index contributed by atoms with van der Waals surface area (Å²) < 4.78 is 0. The third kappa shape index (κ3) is 3.18. The molecule has 2 aliphatic rings. The molecular formula is C13H25NO. The first-order valence-corrected chi connectivity index (χ1v) is 6.66. The van der Waals surface area contributed by atoms with E-state index in [-0.39, 0.29) is 6.10 Å². The van der Waals surface area contributed by atoms with Crippen molar-refractivity contribution in [3.63, 3.8) is 0 Å². The molecule has 15 heavy (non-hydrogen) atoms. The Labute approximate surface area is 93.7 Å². The van der Waals surface area contributed by atoms with E-state index in [0.717, 1.165) is 18.9 Å². The van der Waals surface area contributed by atoms with Crippen molar-refractivity contribution in [1.29, 1.82) is 0 Å². The molecule has 2 atom stereocenters. The van der Waals surface area contributed by atoms with E-state index in [4.69, 9.17) is 0 Å². The summed E-state index contributed by atoms with van der Waals surface area (Å²) in [4.78, 5) is 2.57. The van der Waals surface area contributed by atoms with Gasteiger partial charge in [0, 0.05) is 6.54 Å². The Morgan fingerprint density at radius 2 is 1.73 bits per heavy atom. The summed E-state index contributed by atoms with van der Waals surface area (Å²) in [6, 6.07) is 0. The Balaban J connectivity index is 1.75. The Kier molecular flexibility index (Phi) is 4.04. The quantitative estimate of drug-likeness (QED) is 0.757. The average Bonchev–Trinajstić information content (AvgIpc) is 2.25. The van der Waals surface area contributed by atoms with Gasteiger partial charge in [-0.25, -0.2) is 0 Å². The molecule has 0 aromatic rings. The van der Waals surface area contributed by atoms with E-state index >= 15 is 0 Å². The lowest BCUT2D eigenvalue weighted by Gasteiger charge is -2.36. The van der Waals surface area contributed by atoms with Crippen LogP contribution in [0.5, 0.6) is 0 Å². The van der Waals surface area contributed by atoms with E-state index in [9.17, 15) is 5.11 Å². The van der Waals surface area contributed by atoms with Gasteiger partial charge in [-0.2, -0.15) is 0 Å². The van der Waals surface area contributed by atoms with E-state index in [0.29, 0.717) is 5.92 Å². The monoisotopic (exact) mass is 211 g/mol. The fraction of sp³-hybridized carbons (Fsp3) is 1.00. The molecule has 1 heterocycles. The highest BCUT2D eigenvalue weighted by Gasteiger charge is 2.26. The Hall–Kier alpha value is -0.0800. The van der Waals surface area contributed by atoms with E-state index in [1.807, 2.05) is 0 Å². The molecule has 1 aliphatic carbocycles. The van der Waals surface area contributed by atoms with Crippen LogP contribution in [0.3, 0.4) is 0 Å². The van der Waals surface area contributed by atoms with Crippen LogP contribution in [0, 0.1) is 11.8 Å². The maximum Gasteiger partial charge on any atom is 0.0580 e. The number of hydrogen-bond donors (Lipinski definition) is 1. The fourth-order valence-electron chi connectivity index (χ4n) is 2.98. The number of rotatable bonds is 2. The second-order valence-corrected chi connectivity index (χ2v) is 5.60. The van der Waals surface area contributed by atoms with Gasteiger partial charge in [0.25, 0.3) is 0 Å². The van der Waals surface area contributed by atoms with E-state index in [1.54, 1.807) is 0 Å². The molecule has 0 radical (unpaired) electrons. The van der Waals surface area contributed by atoms with Crippen molar-refractivity contribution in [2.75, 3.05) is 19.6 Å². The topological polar surface area (TPSA) is 23.5 Å². The zero-order valence-electron chi connectivity index (χ0n) is 9.99. The molecule has 1 N–H and O–H groups in total. The number of hydrogen-bond acceptors (Lipinski definition) is 2. The molecule has 0 bridgehead atoms. The SMILES string of the molecule is CC1CCN(CC2CCCCC2O)CC1. The van der Waals surface area contributed by atoms with Gasteiger partial charge in [-0.05, 0) is 50.6 Å². The number of aliphatic hydroxyl groups is 1. The molecule has 2 nitrogen and oxygen atoms in total. The van der Waals surface area contributed by atoms with Crippen LogP contribution in [0.4, 0.5) is 0 Å². The molecule has 2 unspecified atom stereocenters. The molecule has 1 saturated heterocycles. The van der Waals surface area contributed by atoms with Crippen LogP contribution in [0.25, 0.3) is 0 Å². The molecule has 2 heteroatoms. The smallest absolute Gasteiger partial charge is 0.0580 e. The first-order valence-electron chi connectivity index (χ1n) is 6.66. The first-order chi connectivity index (χ1) is 7.25. The minimum Gasteiger partial charge on any atom is -0.393 e. The lowest BCUT2D eigenvalue weighted by atomic mass is 9.85. The summed E-state index contributed by atoms with van der Waals surface area (Å²) in [5.74, 6) is 1.48. The molecule has 2 fully saturated rings. The largest absolute Gasteiger partial charge is 0.393 e. The van der Waals surface area contributed by atoms with Crippen molar-refractivity contribution >= 4 is 0 Å². The molecule has 0 aromatic heterocycles. The zero-order valence-corrected chi connectivity index (χ0v) is 9.99. The predicted molar refractivity (Wildman–Crippen MR) is 62.8 cm³/mol. The van der Waals surface area contributed by atoms with Crippen LogP contribution in [0.1, 0.15) is 45.4 Å². The lowest BCUT2D eigenvalue weighted by molar-refractivity contribution is 0.0391. The van der Waals surface area contributed by atoms with E-state index in [2.05, 4.69) is 11.8 Å². The average molecular weight is 211 g/mol. The second-order valence-electron chi connectivity index (χ2n) is 5.60. The Bertz CT molecular complexity index is 187. The van der Waals surface area contributed by atoms with Gasteiger partial charge in [0.05, 0.1) is 6.10 Å². The number of nitrogens with zero attached hydrogens (tertiary/aromatic N) is 1. The molecule has 2 rings (SSSR count). The lowest BCUT2D eigenvalue weighted by Crippen LogP contribution is -2.40. The third-order valence-electron chi connectivity index (χ3n) is 4.24. The maximum atomic E-state index is 9.92. The van der Waals surface area contributed by atoms with Crippen molar-refractivity contribution in [2.45, 2.75) is 51.6 Å². The summed E-state index contributed by atoms with van der Waals surface area (Å²) in [7, 11) is 0. The molecule has 1 aliphatic heterocycles. The highest BCUT2D eigenvalue weighted by Crippen LogP contribution is 2.26. The summed E-state index contributed by atoms with van der Waals surface area (Å²) in [5, 5.41) is 9.92. The minimum absolute atomic E-state index is 0.0156. The van der Waals surface area contributed by atoms with E-state index < -0.39 is 0 Å². The predicted octanol–water partition coefficient (Wildman–Crippen LogP) is 2.27.